The van der Waals surface area contributed by atoms with Crippen LogP contribution in [0.25, 0.3) is 0 Å². The van der Waals surface area contributed by atoms with E-state index in [0.717, 1.165) is 18.4 Å². The maximum absolute atomic E-state index is 13.7. The van der Waals surface area contributed by atoms with Gasteiger partial charge in [-0.15, -0.1) is 0 Å². The number of rotatable bonds is 2. The number of halogens is 2. The fraction of sp³-hybridized carbons (Fsp3) is 0.647. The average Bonchev–Trinajstić information content (AvgIpc) is 2.40. The van der Waals surface area contributed by atoms with Crippen LogP contribution in [0.15, 0.2) is 12.1 Å². The molecule has 2 aliphatic rings. The summed E-state index contributed by atoms with van der Waals surface area (Å²) in [5.74, 6) is -2.47. The second kappa shape index (κ2) is 4.85. The molecule has 1 heterocycles. The minimum atomic E-state index is -2.10. The molecule has 1 aromatic rings. The summed E-state index contributed by atoms with van der Waals surface area (Å²) in [6, 6.07) is 2.58. The maximum atomic E-state index is 13.7. The van der Waals surface area contributed by atoms with Gasteiger partial charge in [0.05, 0.1) is 6.61 Å². The molecule has 1 aliphatic heterocycles. The number of hydrogen-bond donors (Lipinski definition) is 0. The van der Waals surface area contributed by atoms with Gasteiger partial charge in [-0.25, -0.2) is 8.78 Å². The van der Waals surface area contributed by atoms with Crippen molar-refractivity contribution in [2.75, 3.05) is 6.61 Å². The third kappa shape index (κ3) is 2.17. The van der Waals surface area contributed by atoms with Crippen LogP contribution >= 0.6 is 0 Å². The summed E-state index contributed by atoms with van der Waals surface area (Å²) in [7, 11) is -2.10. The van der Waals surface area contributed by atoms with Crippen molar-refractivity contribution >= 4 is 8.32 Å². The standard InChI is InChI=1S/C17H24F2O2Si/c1-16(2,3)22(4,5)21-17-12(7-6-8-20-17)11-9-14(18)15(19)10-13(11)17/h9-10,12H,6-8H2,1-5H3. The molecule has 22 heavy (non-hydrogen) atoms. The number of benzene rings is 1. The molecule has 0 amide bonds. The minimum absolute atomic E-state index is 0.0143. The summed E-state index contributed by atoms with van der Waals surface area (Å²) in [4.78, 5) is 0. The van der Waals surface area contributed by atoms with E-state index in [1.54, 1.807) is 0 Å². The first kappa shape index (κ1) is 16.1. The fourth-order valence-corrected chi connectivity index (χ4v) is 4.57. The molecular weight excluding hydrogens is 302 g/mol. The molecule has 0 spiro atoms. The summed E-state index contributed by atoms with van der Waals surface area (Å²) in [5, 5.41) is 0.0292. The summed E-state index contributed by atoms with van der Waals surface area (Å²) < 4.78 is 39.9. The normalized spacial score (nSPS) is 27.9. The SMILES string of the molecule is CC(C)(C)[Si](C)(C)OC12OCCCC1c1cc(F)c(F)cc12. The van der Waals surface area contributed by atoms with E-state index in [1.807, 2.05) is 0 Å². The quantitative estimate of drug-likeness (QED) is 0.708. The number of hydrogen-bond acceptors (Lipinski definition) is 2. The molecule has 1 saturated heterocycles. The van der Waals surface area contributed by atoms with Crippen LogP contribution in [0.4, 0.5) is 8.78 Å². The maximum Gasteiger partial charge on any atom is 0.196 e. The Kier molecular flexibility index (Phi) is 3.55. The highest BCUT2D eigenvalue weighted by molar-refractivity contribution is 6.74. The number of ether oxygens (including phenoxy) is 1. The highest BCUT2D eigenvalue weighted by Crippen LogP contribution is 2.60. The van der Waals surface area contributed by atoms with Crippen molar-refractivity contribution in [2.45, 2.75) is 63.5 Å². The third-order valence-electron chi connectivity index (χ3n) is 5.47. The molecule has 0 N–H and O–H groups in total. The van der Waals surface area contributed by atoms with Crippen LogP contribution < -0.4 is 0 Å². The van der Waals surface area contributed by atoms with E-state index in [4.69, 9.17) is 9.16 Å². The van der Waals surface area contributed by atoms with Gasteiger partial charge in [-0.05, 0) is 48.7 Å². The van der Waals surface area contributed by atoms with Gasteiger partial charge in [0.15, 0.2) is 25.7 Å². The number of fused-ring (bicyclic) bond motifs is 4. The lowest BCUT2D eigenvalue weighted by Gasteiger charge is -2.57. The fourth-order valence-electron chi connectivity index (χ4n) is 3.19. The van der Waals surface area contributed by atoms with Crippen molar-refractivity contribution in [2.24, 2.45) is 0 Å². The highest BCUT2D eigenvalue weighted by Gasteiger charge is 2.59. The van der Waals surface area contributed by atoms with Gasteiger partial charge in [0.2, 0.25) is 0 Å². The monoisotopic (exact) mass is 326 g/mol. The van der Waals surface area contributed by atoms with Gasteiger partial charge >= 0.3 is 0 Å². The largest absolute Gasteiger partial charge is 0.386 e. The predicted molar refractivity (Wildman–Crippen MR) is 84.2 cm³/mol. The first-order chi connectivity index (χ1) is 10.1. The Morgan fingerprint density at radius 2 is 1.86 bits per heavy atom. The minimum Gasteiger partial charge on any atom is -0.386 e. The van der Waals surface area contributed by atoms with E-state index in [9.17, 15) is 8.78 Å². The molecule has 2 atom stereocenters. The van der Waals surface area contributed by atoms with Gasteiger partial charge in [-0.1, -0.05) is 20.8 Å². The van der Waals surface area contributed by atoms with Crippen LogP contribution in [0, 0.1) is 11.6 Å². The van der Waals surface area contributed by atoms with Gasteiger partial charge in [-0.3, -0.25) is 0 Å². The smallest absolute Gasteiger partial charge is 0.196 e. The van der Waals surface area contributed by atoms with Gasteiger partial charge in [0.1, 0.15) is 0 Å². The van der Waals surface area contributed by atoms with Crippen molar-refractivity contribution in [3.63, 3.8) is 0 Å². The molecule has 2 unspecified atom stereocenters. The second-order valence-electron chi connectivity index (χ2n) is 7.93. The zero-order chi connectivity index (χ0) is 16.3. The molecule has 0 bridgehead atoms. The van der Waals surface area contributed by atoms with E-state index < -0.39 is 25.7 Å². The van der Waals surface area contributed by atoms with Gasteiger partial charge in [-0.2, -0.15) is 0 Å². The Morgan fingerprint density at radius 3 is 2.50 bits per heavy atom. The van der Waals surface area contributed by atoms with Crippen LogP contribution in [-0.4, -0.2) is 14.9 Å². The van der Waals surface area contributed by atoms with Crippen LogP contribution in [0.5, 0.6) is 0 Å². The Balaban J connectivity index is 2.04. The molecule has 122 valence electrons. The molecule has 0 radical (unpaired) electrons. The average molecular weight is 326 g/mol. The van der Waals surface area contributed by atoms with E-state index >= 15 is 0 Å². The van der Waals surface area contributed by atoms with Gasteiger partial charge in [0.25, 0.3) is 0 Å². The third-order valence-corrected chi connectivity index (χ3v) is 9.89. The summed E-state index contributed by atoms with van der Waals surface area (Å²) >= 11 is 0. The van der Waals surface area contributed by atoms with Crippen molar-refractivity contribution in [1.82, 2.24) is 0 Å². The summed E-state index contributed by atoms with van der Waals surface area (Å²) in [6.45, 7) is 11.4. The van der Waals surface area contributed by atoms with E-state index in [0.29, 0.717) is 12.2 Å². The van der Waals surface area contributed by atoms with Crippen molar-refractivity contribution in [1.29, 1.82) is 0 Å². The van der Waals surface area contributed by atoms with Crippen molar-refractivity contribution < 1.29 is 17.9 Å². The van der Waals surface area contributed by atoms with Crippen LogP contribution in [0.1, 0.15) is 50.7 Å². The summed E-state index contributed by atoms with van der Waals surface area (Å²) in [5.41, 5.74) is 1.53. The van der Waals surface area contributed by atoms with E-state index in [1.165, 1.54) is 12.1 Å². The second-order valence-corrected chi connectivity index (χ2v) is 12.7. The molecule has 1 aliphatic carbocycles. The van der Waals surface area contributed by atoms with E-state index in [-0.39, 0.29) is 11.0 Å². The van der Waals surface area contributed by atoms with Gasteiger partial charge in [0, 0.05) is 11.5 Å². The van der Waals surface area contributed by atoms with Crippen LogP contribution in [0.2, 0.25) is 18.1 Å². The first-order valence-electron chi connectivity index (χ1n) is 7.92. The van der Waals surface area contributed by atoms with Crippen LogP contribution in [-0.2, 0) is 14.9 Å². The molecule has 3 rings (SSSR count). The topological polar surface area (TPSA) is 18.5 Å². The Labute approximate surface area is 131 Å². The molecule has 2 nitrogen and oxygen atoms in total. The lowest BCUT2D eigenvalue weighted by molar-refractivity contribution is -0.254. The lowest BCUT2D eigenvalue weighted by Crippen LogP contribution is -2.58. The Morgan fingerprint density at radius 1 is 1.23 bits per heavy atom. The molecule has 5 heteroatoms. The zero-order valence-electron chi connectivity index (χ0n) is 13.9. The van der Waals surface area contributed by atoms with Crippen LogP contribution in [0.3, 0.4) is 0 Å². The van der Waals surface area contributed by atoms with E-state index in [2.05, 4.69) is 33.9 Å². The Hall–Kier alpha value is -0.783. The van der Waals surface area contributed by atoms with Gasteiger partial charge < -0.3 is 9.16 Å². The zero-order valence-corrected chi connectivity index (χ0v) is 14.9. The predicted octanol–water partition coefficient (Wildman–Crippen LogP) is 5.05. The summed E-state index contributed by atoms with van der Waals surface area (Å²) in [6.07, 6.45) is 1.82. The van der Waals surface area contributed by atoms with Crippen molar-refractivity contribution in [3.05, 3.63) is 34.9 Å². The molecule has 0 saturated carbocycles. The molecular formula is C17H24F2O2Si. The molecule has 1 aromatic carbocycles. The lowest BCUT2D eigenvalue weighted by atomic mass is 9.68. The molecule has 0 aromatic heterocycles. The Bertz CT molecular complexity index is 609. The van der Waals surface area contributed by atoms with Crippen molar-refractivity contribution in [3.8, 4) is 0 Å². The molecule has 1 fully saturated rings. The first-order valence-corrected chi connectivity index (χ1v) is 10.8. The highest BCUT2D eigenvalue weighted by atomic mass is 28.4.